The summed E-state index contributed by atoms with van der Waals surface area (Å²) in [6.45, 7) is 2.09. The van der Waals surface area contributed by atoms with Crippen LogP contribution >= 0.6 is 0 Å². The topological polar surface area (TPSA) is 66.6 Å². The van der Waals surface area contributed by atoms with Crippen LogP contribution in [0.25, 0.3) is 0 Å². The maximum atomic E-state index is 13.0. The molecule has 1 saturated heterocycles. The number of benzene rings is 2. The quantitative estimate of drug-likeness (QED) is 0.853. The summed E-state index contributed by atoms with van der Waals surface area (Å²) in [5.74, 6) is -0.564. The third-order valence-electron chi connectivity index (χ3n) is 4.32. The van der Waals surface area contributed by atoms with E-state index in [-0.39, 0.29) is 17.6 Å². The van der Waals surface area contributed by atoms with Crippen molar-refractivity contribution in [3.63, 3.8) is 0 Å². The molecule has 1 aliphatic heterocycles. The number of rotatable bonds is 2. The van der Waals surface area contributed by atoms with E-state index in [1.165, 1.54) is 24.3 Å². The molecule has 5 nitrogen and oxygen atoms in total. The first-order chi connectivity index (χ1) is 12.0. The van der Waals surface area contributed by atoms with Gasteiger partial charge in [0.2, 0.25) is 0 Å². The van der Waals surface area contributed by atoms with Crippen LogP contribution in [0.3, 0.4) is 0 Å². The number of carbonyl (C=O) groups is 2. The van der Waals surface area contributed by atoms with Crippen molar-refractivity contribution in [2.75, 3.05) is 31.9 Å². The van der Waals surface area contributed by atoms with Gasteiger partial charge in [-0.1, -0.05) is 0 Å². The Balaban J connectivity index is 1.65. The third-order valence-corrected chi connectivity index (χ3v) is 4.32. The molecule has 2 amide bonds. The number of nitrogen functional groups attached to an aromatic ring is 1. The first-order valence-electron chi connectivity index (χ1n) is 8.24. The molecule has 2 aromatic rings. The number of halogens is 1. The van der Waals surface area contributed by atoms with Gasteiger partial charge in [-0.15, -0.1) is 0 Å². The minimum atomic E-state index is -0.368. The van der Waals surface area contributed by atoms with E-state index in [0.29, 0.717) is 49.4 Å². The maximum absolute atomic E-state index is 13.0. The molecular weight excluding hydrogens is 321 g/mol. The van der Waals surface area contributed by atoms with Crippen molar-refractivity contribution < 1.29 is 14.0 Å². The second-order valence-corrected chi connectivity index (χ2v) is 6.07. The lowest BCUT2D eigenvalue weighted by Crippen LogP contribution is -2.37. The maximum Gasteiger partial charge on any atom is 0.253 e. The Bertz CT molecular complexity index is 694. The molecule has 1 aliphatic rings. The van der Waals surface area contributed by atoms with Crippen LogP contribution in [0, 0.1) is 5.82 Å². The molecule has 0 atom stereocenters. The van der Waals surface area contributed by atoms with Crippen LogP contribution in [0.15, 0.2) is 48.5 Å². The average Bonchev–Trinajstić information content (AvgIpc) is 2.88. The van der Waals surface area contributed by atoms with Gasteiger partial charge in [0.25, 0.3) is 11.8 Å². The summed E-state index contributed by atoms with van der Waals surface area (Å²) < 4.78 is 13.0. The summed E-state index contributed by atoms with van der Waals surface area (Å²) >= 11 is 0. The zero-order valence-electron chi connectivity index (χ0n) is 13.8. The number of hydrogen-bond donors (Lipinski definition) is 1. The lowest BCUT2D eigenvalue weighted by molar-refractivity contribution is 0.0718. The highest BCUT2D eigenvalue weighted by Gasteiger charge is 2.23. The predicted octanol–water partition coefficient (Wildman–Crippen LogP) is 2.40. The summed E-state index contributed by atoms with van der Waals surface area (Å²) in [6, 6.07) is 12.4. The standard InChI is InChI=1S/C19H20FN3O2/c20-16-6-2-14(3-7-16)18(24)22-10-1-11-23(13-12-22)19(25)15-4-8-17(21)9-5-15/h2-9H,1,10-13,21H2. The second-order valence-electron chi connectivity index (χ2n) is 6.07. The van der Waals surface area contributed by atoms with E-state index in [1.54, 1.807) is 34.1 Å². The van der Waals surface area contributed by atoms with E-state index in [0.717, 1.165) is 0 Å². The molecule has 1 fully saturated rings. The van der Waals surface area contributed by atoms with E-state index in [4.69, 9.17) is 5.73 Å². The zero-order chi connectivity index (χ0) is 17.8. The molecule has 0 spiro atoms. The molecule has 1 heterocycles. The van der Waals surface area contributed by atoms with Gasteiger partial charge in [0, 0.05) is 43.0 Å². The van der Waals surface area contributed by atoms with Gasteiger partial charge in [-0.3, -0.25) is 9.59 Å². The van der Waals surface area contributed by atoms with Gasteiger partial charge in [0.15, 0.2) is 0 Å². The fourth-order valence-electron chi connectivity index (χ4n) is 2.91. The highest BCUT2D eigenvalue weighted by Crippen LogP contribution is 2.14. The number of nitrogens with two attached hydrogens (primary N) is 1. The minimum absolute atomic E-state index is 0.0592. The largest absolute Gasteiger partial charge is 0.399 e. The van der Waals surface area contributed by atoms with Crippen molar-refractivity contribution in [2.45, 2.75) is 6.42 Å². The Morgan fingerprint density at radius 2 is 1.20 bits per heavy atom. The summed E-state index contributed by atoms with van der Waals surface area (Å²) in [6.07, 6.45) is 0.702. The highest BCUT2D eigenvalue weighted by atomic mass is 19.1. The van der Waals surface area contributed by atoms with Crippen LogP contribution in [-0.2, 0) is 0 Å². The van der Waals surface area contributed by atoms with Crippen LogP contribution in [0.2, 0.25) is 0 Å². The fourth-order valence-corrected chi connectivity index (χ4v) is 2.91. The molecule has 0 unspecified atom stereocenters. The van der Waals surface area contributed by atoms with Gasteiger partial charge in [-0.2, -0.15) is 0 Å². The molecule has 3 rings (SSSR count). The van der Waals surface area contributed by atoms with E-state index < -0.39 is 0 Å². The molecule has 25 heavy (non-hydrogen) atoms. The SMILES string of the molecule is Nc1ccc(C(=O)N2CCCN(C(=O)c3ccc(F)cc3)CC2)cc1. The van der Waals surface area contributed by atoms with E-state index in [2.05, 4.69) is 0 Å². The molecule has 0 saturated carbocycles. The first kappa shape index (κ1) is 17.0. The average molecular weight is 341 g/mol. The van der Waals surface area contributed by atoms with Crippen molar-refractivity contribution in [1.82, 2.24) is 9.80 Å². The summed E-state index contributed by atoms with van der Waals surface area (Å²) in [5.41, 5.74) is 7.32. The smallest absolute Gasteiger partial charge is 0.253 e. The fraction of sp³-hybridized carbons (Fsp3) is 0.263. The van der Waals surface area contributed by atoms with E-state index in [1.807, 2.05) is 0 Å². The first-order valence-corrected chi connectivity index (χ1v) is 8.24. The molecule has 2 N–H and O–H groups in total. The van der Waals surface area contributed by atoms with Crippen LogP contribution < -0.4 is 5.73 Å². The highest BCUT2D eigenvalue weighted by molar-refractivity contribution is 5.95. The Morgan fingerprint density at radius 1 is 0.760 bits per heavy atom. The molecule has 0 aromatic heterocycles. The van der Waals surface area contributed by atoms with Crippen LogP contribution in [0.4, 0.5) is 10.1 Å². The number of anilines is 1. The predicted molar refractivity (Wildman–Crippen MR) is 93.7 cm³/mol. The van der Waals surface area contributed by atoms with Gasteiger partial charge in [0.1, 0.15) is 5.82 Å². The van der Waals surface area contributed by atoms with Gasteiger partial charge in [-0.25, -0.2) is 4.39 Å². The summed E-state index contributed by atoms with van der Waals surface area (Å²) in [7, 11) is 0. The lowest BCUT2D eigenvalue weighted by atomic mass is 10.2. The molecule has 2 aromatic carbocycles. The number of nitrogens with zero attached hydrogens (tertiary/aromatic N) is 2. The lowest BCUT2D eigenvalue weighted by Gasteiger charge is -2.22. The zero-order valence-corrected chi connectivity index (χ0v) is 13.8. The van der Waals surface area contributed by atoms with Crippen LogP contribution in [-0.4, -0.2) is 47.8 Å². The van der Waals surface area contributed by atoms with Gasteiger partial charge in [-0.05, 0) is 55.0 Å². The van der Waals surface area contributed by atoms with Crippen molar-refractivity contribution >= 4 is 17.5 Å². The number of hydrogen-bond acceptors (Lipinski definition) is 3. The van der Waals surface area contributed by atoms with Gasteiger partial charge in [0.05, 0.1) is 0 Å². The molecule has 0 aliphatic carbocycles. The summed E-state index contributed by atoms with van der Waals surface area (Å²) in [4.78, 5) is 28.6. The molecule has 6 heteroatoms. The van der Waals surface area contributed by atoms with Crippen molar-refractivity contribution in [2.24, 2.45) is 0 Å². The number of amides is 2. The Kier molecular flexibility index (Phi) is 4.97. The molecular formula is C19H20FN3O2. The molecule has 0 bridgehead atoms. The van der Waals surface area contributed by atoms with Crippen molar-refractivity contribution in [3.05, 3.63) is 65.5 Å². The van der Waals surface area contributed by atoms with Crippen molar-refractivity contribution in [3.8, 4) is 0 Å². The monoisotopic (exact) mass is 341 g/mol. The van der Waals surface area contributed by atoms with Crippen molar-refractivity contribution in [1.29, 1.82) is 0 Å². The van der Waals surface area contributed by atoms with Gasteiger partial charge >= 0.3 is 0 Å². The van der Waals surface area contributed by atoms with Gasteiger partial charge < -0.3 is 15.5 Å². The molecule has 130 valence electrons. The minimum Gasteiger partial charge on any atom is -0.399 e. The van der Waals surface area contributed by atoms with E-state index >= 15 is 0 Å². The van der Waals surface area contributed by atoms with E-state index in [9.17, 15) is 14.0 Å². The van der Waals surface area contributed by atoms with Crippen LogP contribution in [0.5, 0.6) is 0 Å². The third kappa shape index (κ3) is 3.96. The molecule has 0 radical (unpaired) electrons. The Labute approximate surface area is 145 Å². The normalized spacial score (nSPS) is 14.9. The Hall–Kier alpha value is -2.89. The summed E-state index contributed by atoms with van der Waals surface area (Å²) in [5, 5.41) is 0. The number of carbonyl (C=O) groups excluding carboxylic acids is 2. The van der Waals surface area contributed by atoms with Crippen LogP contribution in [0.1, 0.15) is 27.1 Å². The second kappa shape index (κ2) is 7.34. The Morgan fingerprint density at radius 3 is 1.68 bits per heavy atom.